The SMILES string of the molecule is COCCOCC(=O)N1Cc2c(-c3nc(C4CCOCC4)no3)nn(C)c2C1. The molecule has 0 bridgehead atoms. The number of carbonyl (C=O) groups excluding carboxylic acids is 1. The van der Waals surface area contributed by atoms with Crippen LogP contribution in [0.2, 0.25) is 0 Å². The molecule has 0 aromatic carbocycles. The molecule has 2 aliphatic heterocycles. The van der Waals surface area contributed by atoms with Crippen LogP contribution < -0.4 is 0 Å². The highest BCUT2D eigenvalue weighted by molar-refractivity contribution is 5.78. The maximum atomic E-state index is 12.4. The van der Waals surface area contributed by atoms with Crippen molar-refractivity contribution in [1.82, 2.24) is 24.8 Å². The van der Waals surface area contributed by atoms with E-state index in [9.17, 15) is 4.79 Å². The first-order chi connectivity index (χ1) is 13.7. The van der Waals surface area contributed by atoms with Gasteiger partial charge >= 0.3 is 0 Å². The van der Waals surface area contributed by atoms with Crippen LogP contribution in [0.5, 0.6) is 0 Å². The lowest BCUT2D eigenvalue weighted by atomic mass is 10.00. The Labute approximate surface area is 162 Å². The Morgan fingerprint density at radius 1 is 1.25 bits per heavy atom. The molecule has 1 saturated heterocycles. The normalized spacial score (nSPS) is 17.3. The largest absolute Gasteiger partial charge is 0.382 e. The molecule has 0 N–H and O–H groups in total. The zero-order chi connectivity index (χ0) is 19.5. The van der Waals surface area contributed by atoms with E-state index in [4.69, 9.17) is 18.7 Å². The third kappa shape index (κ3) is 3.80. The smallest absolute Gasteiger partial charge is 0.278 e. The van der Waals surface area contributed by atoms with Crippen LogP contribution in [0.15, 0.2) is 4.52 Å². The molecule has 0 saturated carbocycles. The van der Waals surface area contributed by atoms with Gasteiger partial charge in [0.15, 0.2) is 11.5 Å². The highest BCUT2D eigenvalue weighted by atomic mass is 16.5. The van der Waals surface area contributed by atoms with Crippen molar-refractivity contribution in [1.29, 1.82) is 0 Å². The van der Waals surface area contributed by atoms with E-state index in [1.165, 1.54) is 0 Å². The second kappa shape index (κ2) is 8.38. The summed E-state index contributed by atoms with van der Waals surface area (Å²) in [6, 6.07) is 0. The number of fused-ring (bicyclic) bond motifs is 1. The number of rotatable bonds is 7. The lowest BCUT2D eigenvalue weighted by molar-refractivity contribution is -0.137. The summed E-state index contributed by atoms with van der Waals surface area (Å²) >= 11 is 0. The third-order valence-electron chi connectivity index (χ3n) is 5.21. The lowest BCUT2D eigenvalue weighted by Gasteiger charge is -2.18. The molecule has 2 aliphatic rings. The minimum Gasteiger partial charge on any atom is -0.382 e. The fraction of sp³-hybridized carbons (Fsp3) is 0.667. The summed E-state index contributed by atoms with van der Waals surface area (Å²) in [5.41, 5.74) is 2.58. The maximum Gasteiger partial charge on any atom is 0.278 e. The zero-order valence-corrected chi connectivity index (χ0v) is 16.2. The Morgan fingerprint density at radius 3 is 2.86 bits per heavy atom. The third-order valence-corrected chi connectivity index (χ3v) is 5.21. The van der Waals surface area contributed by atoms with Gasteiger partial charge in [0, 0.05) is 38.9 Å². The monoisotopic (exact) mass is 391 g/mol. The minimum absolute atomic E-state index is 0.0363. The number of hydrogen-bond donors (Lipinski definition) is 0. The lowest BCUT2D eigenvalue weighted by Crippen LogP contribution is -2.30. The molecule has 0 aliphatic carbocycles. The van der Waals surface area contributed by atoms with Crippen molar-refractivity contribution >= 4 is 5.91 Å². The summed E-state index contributed by atoms with van der Waals surface area (Å²) in [5, 5.41) is 8.71. The van der Waals surface area contributed by atoms with E-state index in [0.717, 1.165) is 37.3 Å². The van der Waals surface area contributed by atoms with Gasteiger partial charge in [0.25, 0.3) is 5.89 Å². The van der Waals surface area contributed by atoms with Gasteiger partial charge in [0.2, 0.25) is 5.91 Å². The number of aromatic nitrogens is 4. The summed E-state index contributed by atoms with van der Waals surface area (Å²) < 4.78 is 23.0. The van der Waals surface area contributed by atoms with Gasteiger partial charge in [-0.05, 0) is 12.8 Å². The summed E-state index contributed by atoms with van der Waals surface area (Å²) in [6.45, 7) is 3.29. The van der Waals surface area contributed by atoms with Crippen molar-refractivity contribution < 1.29 is 23.5 Å². The van der Waals surface area contributed by atoms with Crippen molar-refractivity contribution in [2.24, 2.45) is 7.05 Å². The first-order valence-electron chi connectivity index (χ1n) is 9.48. The van der Waals surface area contributed by atoms with E-state index in [0.29, 0.717) is 43.7 Å². The van der Waals surface area contributed by atoms with Gasteiger partial charge < -0.3 is 23.6 Å². The van der Waals surface area contributed by atoms with Gasteiger partial charge in [-0.1, -0.05) is 5.16 Å². The molecule has 4 heterocycles. The average Bonchev–Trinajstić information content (AvgIpc) is 3.43. The van der Waals surface area contributed by atoms with E-state index in [-0.39, 0.29) is 18.4 Å². The standard InChI is InChI=1S/C18H25N5O5/c1-22-14-10-23(15(24)11-27-8-7-25-2)9-13(14)16(20-22)18-19-17(21-28-18)12-3-5-26-6-4-12/h12H,3-11H2,1-2H3. The molecule has 152 valence electrons. The molecule has 0 atom stereocenters. The van der Waals surface area contributed by atoms with Crippen molar-refractivity contribution in [3.8, 4) is 11.6 Å². The molecule has 10 heteroatoms. The Bertz CT molecular complexity index is 826. The summed E-state index contributed by atoms with van der Waals surface area (Å²) in [5.74, 6) is 1.30. The van der Waals surface area contributed by atoms with Crippen molar-refractivity contribution in [3.63, 3.8) is 0 Å². The fourth-order valence-corrected chi connectivity index (χ4v) is 3.59. The van der Waals surface area contributed by atoms with Crippen LogP contribution in [0.1, 0.15) is 35.8 Å². The highest BCUT2D eigenvalue weighted by Gasteiger charge is 2.32. The predicted octanol–water partition coefficient (Wildman–Crippen LogP) is 0.869. The van der Waals surface area contributed by atoms with Crippen LogP contribution >= 0.6 is 0 Å². The Balaban J connectivity index is 1.46. The van der Waals surface area contributed by atoms with Gasteiger partial charge in [-0.25, -0.2) is 0 Å². The maximum absolute atomic E-state index is 12.4. The van der Waals surface area contributed by atoms with Crippen LogP contribution in [0, 0.1) is 0 Å². The molecule has 28 heavy (non-hydrogen) atoms. The van der Waals surface area contributed by atoms with E-state index < -0.39 is 0 Å². The molecule has 4 rings (SSSR count). The molecule has 0 unspecified atom stereocenters. The summed E-state index contributed by atoms with van der Waals surface area (Å²) in [7, 11) is 3.46. The fourth-order valence-electron chi connectivity index (χ4n) is 3.59. The van der Waals surface area contributed by atoms with Crippen molar-refractivity contribution in [2.45, 2.75) is 31.8 Å². The Morgan fingerprint density at radius 2 is 2.07 bits per heavy atom. The van der Waals surface area contributed by atoms with Crippen LogP contribution in [0.3, 0.4) is 0 Å². The average molecular weight is 391 g/mol. The molecule has 1 amide bonds. The van der Waals surface area contributed by atoms with Gasteiger partial charge in [0.05, 0.1) is 32.0 Å². The topological polar surface area (TPSA) is 105 Å². The molecule has 1 fully saturated rings. The van der Waals surface area contributed by atoms with Gasteiger partial charge in [-0.3, -0.25) is 9.48 Å². The molecule has 2 aromatic heterocycles. The first-order valence-corrected chi connectivity index (χ1v) is 9.48. The number of ether oxygens (including phenoxy) is 3. The van der Waals surface area contributed by atoms with E-state index >= 15 is 0 Å². The van der Waals surface area contributed by atoms with Crippen LogP contribution in [-0.2, 0) is 39.1 Å². The number of aryl methyl sites for hydroxylation is 1. The number of carbonyl (C=O) groups is 1. The van der Waals surface area contributed by atoms with E-state index in [1.807, 2.05) is 7.05 Å². The number of nitrogens with zero attached hydrogens (tertiary/aromatic N) is 5. The highest BCUT2D eigenvalue weighted by Crippen LogP contribution is 2.33. The van der Waals surface area contributed by atoms with Crippen LogP contribution in [0.4, 0.5) is 0 Å². The van der Waals surface area contributed by atoms with Crippen molar-refractivity contribution in [3.05, 3.63) is 17.1 Å². The molecule has 2 aromatic rings. The number of amides is 1. The minimum atomic E-state index is -0.0633. The van der Waals surface area contributed by atoms with Crippen LogP contribution in [0.25, 0.3) is 11.6 Å². The summed E-state index contributed by atoms with van der Waals surface area (Å²) in [4.78, 5) is 18.7. The molecule has 0 spiro atoms. The van der Waals surface area contributed by atoms with E-state index in [1.54, 1.807) is 16.7 Å². The number of methoxy groups -OCH3 is 1. The van der Waals surface area contributed by atoms with Crippen molar-refractivity contribution in [2.75, 3.05) is 40.1 Å². The number of hydrogen-bond acceptors (Lipinski definition) is 8. The van der Waals surface area contributed by atoms with E-state index in [2.05, 4.69) is 15.2 Å². The van der Waals surface area contributed by atoms with Gasteiger partial charge in [-0.15, -0.1) is 0 Å². The summed E-state index contributed by atoms with van der Waals surface area (Å²) in [6.07, 6.45) is 1.79. The predicted molar refractivity (Wildman–Crippen MR) is 96.2 cm³/mol. The first kappa shape index (κ1) is 19.0. The molecular weight excluding hydrogens is 366 g/mol. The zero-order valence-electron chi connectivity index (χ0n) is 16.2. The Hall–Kier alpha value is -2.30. The Kier molecular flexibility index (Phi) is 5.69. The molecule has 10 nitrogen and oxygen atoms in total. The molecular formula is C18H25N5O5. The molecule has 0 radical (unpaired) electrons. The van der Waals surface area contributed by atoms with Crippen LogP contribution in [-0.4, -0.2) is 70.9 Å². The van der Waals surface area contributed by atoms with Gasteiger partial charge in [0.1, 0.15) is 6.61 Å². The second-order valence-electron chi connectivity index (χ2n) is 7.04. The second-order valence-corrected chi connectivity index (χ2v) is 7.04. The quantitative estimate of drug-likeness (QED) is 0.640. The van der Waals surface area contributed by atoms with Gasteiger partial charge in [-0.2, -0.15) is 10.1 Å².